The number of nitrogens with zero attached hydrogens (tertiary/aromatic N) is 1. The number of rotatable bonds is 4. The molecular formula is C12H17ClN2O4. The van der Waals surface area contributed by atoms with Crippen LogP contribution in [0.25, 0.3) is 0 Å². The number of nitro groups is 1. The van der Waals surface area contributed by atoms with Gasteiger partial charge in [-0.25, -0.2) is 0 Å². The Kier molecular flexibility index (Phi) is 4.97. The summed E-state index contributed by atoms with van der Waals surface area (Å²) in [6.45, 7) is 4.15. The lowest BCUT2D eigenvalue weighted by atomic mass is 9.96. The van der Waals surface area contributed by atoms with E-state index >= 15 is 0 Å². The summed E-state index contributed by atoms with van der Waals surface area (Å²) in [5, 5.41) is 11.1. The summed E-state index contributed by atoms with van der Waals surface area (Å²) >= 11 is 0. The van der Waals surface area contributed by atoms with E-state index in [-0.39, 0.29) is 30.9 Å². The van der Waals surface area contributed by atoms with Crippen molar-refractivity contribution >= 4 is 18.1 Å². The minimum Gasteiger partial charge on any atom is -0.454 e. The third-order valence-corrected chi connectivity index (χ3v) is 2.84. The van der Waals surface area contributed by atoms with Gasteiger partial charge in [-0.2, -0.15) is 0 Å². The number of nitro benzene ring substituents is 1. The van der Waals surface area contributed by atoms with Crippen molar-refractivity contribution in [1.29, 1.82) is 0 Å². The first-order valence-corrected chi connectivity index (χ1v) is 5.82. The third-order valence-electron chi connectivity index (χ3n) is 2.84. The molecule has 19 heavy (non-hydrogen) atoms. The molecule has 0 saturated heterocycles. The van der Waals surface area contributed by atoms with Gasteiger partial charge in [0.25, 0.3) is 5.69 Å². The molecule has 0 fully saturated rings. The fourth-order valence-corrected chi connectivity index (χ4v) is 2.04. The van der Waals surface area contributed by atoms with Gasteiger partial charge in [-0.3, -0.25) is 10.1 Å². The van der Waals surface area contributed by atoms with Crippen LogP contribution >= 0.6 is 12.4 Å². The number of fused-ring (bicyclic) bond motifs is 1. The fraction of sp³-hybridized carbons (Fsp3) is 0.500. The summed E-state index contributed by atoms with van der Waals surface area (Å²) in [6, 6.07) is 2.63. The third kappa shape index (κ3) is 3.27. The van der Waals surface area contributed by atoms with Crippen LogP contribution in [-0.2, 0) is 0 Å². The second-order valence-electron chi connectivity index (χ2n) is 4.76. The summed E-state index contributed by atoms with van der Waals surface area (Å²) in [5.74, 6) is 1.29. The van der Waals surface area contributed by atoms with Gasteiger partial charge in [0.05, 0.1) is 16.6 Å². The van der Waals surface area contributed by atoms with Crippen LogP contribution in [0.4, 0.5) is 5.69 Å². The monoisotopic (exact) mass is 288 g/mol. The van der Waals surface area contributed by atoms with Crippen molar-refractivity contribution in [2.75, 3.05) is 6.79 Å². The molecule has 0 saturated carbocycles. The van der Waals surface area contributed by atoms with Crippen molar-refractivity contribution in [1.82, 2.24) is 0 Å². The average Bonchev–Trinajstić information content (AvgIpc) is 2.72. The SMILES string of the molecule is CC(C)C[C@@H](N)c1cc2c(cc1[N+](=O)[O-])OCO2.Cl. The number of benzene rings is 1. The van der Waals surface area contributed by atoms with E-state index in [9.17, 15) is 10.1 Å². The minimum absolute atomic E-state index is 0. The van der Waals surface area contributed by atoms with Crippen LogP contribution in [0.2, 0.25) is 0 Å². The van der Waals surface area contributed by atoms with Crippen LogP contribution in [0.5, 0.6) is 11.5 Å². The van der Waals surface area contributed by atoms with Crippen LogP contribution < -0.4 is 15.2 Å². The van der Waals surface area contributed by atoms with Gasteiger partial charge >= 0.3 is 0 Å². The molecule has 1 heterocycles. The summed E-state index contributed by atoms with van der Waals surface area (Å²) in [5.41, 5.74) is 6.52. The van der Waals surface area contributed by atoms with Gasteiger partial charge in [-0.05, 0) is 18.4 Å². The second kappa shape index (κ2) is 6.08. The first kappa shape index (κ1) is 15.5. The van der Waals surface area contributed by atoms with Crippen molar-refractivity contribution in [3.05, 3.63) is 27.8 Å². The maximum Gasteiger partial charge on any atom is 0.278 e. The van der Waals surface area contributed by atoms with Gasteiger partial charge in [0, 0.05) is 6.04 Å². The van der Waals surface area contributed by atoms with E-state index in [1.165, 1.54) is 6.07 Å². The zero-order chi connectivity index (χ0) is 13.3. The Labute approximate surface area is 117 Å². The maximum absolute atomic E-state index is 11.1. The van der Waals surface area contributed by atoms with E-state index < -0.39 is 4.92 Å². The second-order valence-corrected chi connectivity index (χ2v) is 4.76. The molecule has 0 aromatic heterocycles. The molecule has 1 aliphatic rings. The Morgan fingerprint density at radius 3 is 2.47 bits per heavy atom. The highest BCUT2D eigenvalue weighted by atomic mass is 35.5. The molecule has 2 N–H and O–H groups in total. The van der Waals surface area contributed by atoms with Crippen LogP contribution in [0.3, 0.4) is 0 Å². The van der Waals surface area contributed by atoms with Gasteiger partial charge in [-0.1, -0.05) is 13.8 Å². The highest BCUT2D eigenvalue weighted by molar-refractivity contribution is 5.85. The standard InChI is InChI=1S/C12H16N2O4.ClH/c1-7(2)3-9(13)8-4-11-12(18-6-17-11)5-10(8)14(15)16;/h4-5,7,9H,3,6,13H2,1-2H3;1H/t9-;/m1./s1. The lowest BCUT2D eigenvalue weighted by molar-refractivity contribution is -0.385. The van der Waals surface area contributed by atoms with Crippen LogP contribution in [0.15, 0.2) is 12.1 Å². The van der Waals surface area contributed by atoms with Crippen LogP contribution in [0.1, 0.15) is 31.9 Å². The first-order chi connectivity index (χ1) is 8.49. The summed E-state index contributed by atoms with van der Waals surface area (Å²) in [7, 11) is 0. The molecule has 1 aliphatic heterocycles. The Morgan fingerprint density at radius 1 is 1.37 bits per heavy atom. The summed E-state index contributed by atoms with van der Waals surface area (Å²) < 4.78 is 10.4. The van der Waals surface area contributed by atoms with E-state index in [4.69, 9.17) is 15.2 Å². The van der Waals surface area contributed by atoms with Crippen molar-refractivity contribution in [3.8, 4) is 11.5 Å². The average molecular weight is 289 g/mol. The molecule has 0 amide bonds. The molecule has 1 aromatic rings. The highest BCUT2D eigenvalue weighted by Crippen LogP contribution is 2.40. The Hall–Kier alpha value is -1.53. The molecule has 1 aromatic carbocycles. The molecule has 0 unspecified atom stereocenters. The van der Waals surface area contributed by atoms with Crippen LogP contribution in [-0.4, -0.2) is 11.7 Å². The molecule has 6 nitrogen and oxygen atoms in total. The maximum atomic E-state index is 11.1. The number of ether oxygens (including phenoxy) is 2. The summed E-state index contributed by atoms with van der Waals surface area (Å²) in [4.78, 5) is 10.6. The van der Waals surface area contributed by atoms with Gasteiger partial charge in [-0.15, -0.1) is 12.4 Å². The van der Waals surface area contributed by atoms with E-state index in [2.05, 4.69) is 0 Å². The molecular weight excluding hydrogens is 272 g/mol. The zero-order valence-corrected chi connectivity index (χ0v) is 11.6. The molecule has 106 valence electrons. The summed E-state index contributed by atoms with van der Waals surface area (Å²) in [6.07, 6.45) is 0.681. The van der Waals surface area contributed by atoms with Crippen molar-refractivity contribution in [3.63, 3.8) is 0 Å². The topological polar surface area (TPSA) is 87.6 Å². The molecule has 7 heteroatoms. The first-order valence-electron chi connectivity index (χ1n) is 5.82. The van der Waals surface area contributed by atoms with E-state index in [0.717, 1.165) is 0 Å². The largest absolute Gasteiger partial charge is 0.454 e. The van der Waals surface area contributed by atoms with Gasteiger partial charge in [0.1, 0.15) is 0 Å². The number of halogens is 1. The number of nitrogens with two attached hydrogens (primary N) is 1. The fourth-order valence-electron chi connectivity index (χ4n) is 2.04. The predicted octanol–water partition coefficient (Wildman–Crippen LogP) is 2.79. The smallest absolute Gasteiger partial charge is 0.278 e. The van der Waals surface area contributed by atoms with E-state index in [0.29, 0.717) is 29.4 Å². The van der Waals surface area contributed by atoms with E-state index in [1.807, 2.05) is 13.8 Å². The minimum atomic E-state index is -0.433. The van der Waals surface area contributed by atoms with Gasteiger partial charge < -0.3 is 15.2 Å². The van der Waals surface area contributed by atoms with Gasteiger partial charge in [0.2, 0.25) is 6.79 Å². The molecule has 2 rings (SSSR count). The number of hydrogen-bond donors (Lipinski definition) is 1. The van der Waals surface area contributed by atoms with Crippen molar-refractivity contribution in [2.45, 2.75) is 26.3 Å². The van der Waals surface area contributed by atoms with E-state index in [1.54, 1.807) is 6.07 Å². The zero-order valence-electron chi connectivity index (χ0n) is 10.8. The molecule has 0 spiro atoms. The van der Waals surface area contributed by atoms with Gasteiger partial charge in [0.15, 0.2) is 11.5 Å². The van der Waals surface area contributed by atoms with Crippen molar-refractivity contribution in [2.24, 2.45) is 11.7 Å². The Bertz CT molecular complexity index is 479. The van der Waals surface area contributed by atoms with Crippen LogP contribution in [0, 0.1) is 16.0 Å². The molecule has 1 atom stereocenters. The Morgan fingerprint density at radius 2 is 1.95 bits per heavy atom. The quantitative estimate of drug-likeness (QED) is 0.680. The molecule has 0 aliphatic carbocycles. The molecule has 0 radical (unpaired) electrons. The predicted molar refractivity (Wildman–Crippen MR) is 72.9 cm³/mol. The lowest BCUT2D eigenvalue weighted by Crippen LogP contribution is -2.14. The number of hydrogen-bond acceptors (Lipinski definition) is 5. The normalized spacial score (nSPS) is 14.1. The van der Waals surface area contributed by atoms with Crippen molar-refractivity contribution < 1.29 is 14.4 Å². The lowest BCUT2D eigenvalue weighted by Gasteiger charge is -2.15. The Balaban J connectivity index is 0.00000180. The molecule has 0 bridgehead atoms. The highest BCUT2D eigenvalue weighted by Gasteiger charge is 2.26.